The molecule has 0 aromatic heterocycles. The summed E-state index contributed by atoms with van der Waals surface area (Å²) in [5.74, 6) is 1.92. The van der Waals surface area contributed by atoms with Crippen LogP contribution in [0, 0.1) is 0 Å². The molecule has 1 rings (SSSR count). The third kappa shape index (κ3) is 9.12. The van der Waals surface area contributed by atoms with E-state index in [1.807, 2.05) is 25.1 Å². The topological polar surface area (TPSA) is 81.2 Å². The van der Waals surface area contributed by atoms with Crippen LogP contribution < -0.4 is 20.1 Å². The van der Waals surface area contributed by atoms with E-state index in [0.717, 1.165) is 12.1 Å². The van der Waals surface area contributed by atoms with Gasteiger partial charge in [0.05, 0.1) is 27.4 Å². The highest BCUT2D eigenvalue weighted by Crippen LogP contribution is 2.27. The summed E-state index contributed by atoms with van der Waals surface area (Å²) in [6, 6.07) is 5.73. The summed E-state index contributed by atoms with van der Waals surface area (Å²) in [5.41, 5.74) is 1.02. The highest BCUT2D eigenvalue weighted by atomic mass is 127. The van der Waals surface area contributed by atoms with Crippen LogP contribution >= 0.6 is 24.0 Å². The van der Waals surface area contributed by atoms with Crippen molar-refractivity contribution < 1.29 is 19.0 Å². The van der Waals surface area contributed by atoms with Gasteiger partial charge in [0.15, 0.2) is 17.5 Å². The zero-order chi connectivity index (χ0) is 18.5. The molecule has 8 heteroatoms. The Balaban J connectivity index is 0.00000625. The van der Waals surface area contributed by atoms with Gasteiger partial charge in [-0.25, -0.2) is 4.99 Å². The molecule has 148 valence electrons. The minimum absolute atomic E-state index is 0. The molecule has 0 amide bonds. The zero-order valence-electron chi connectivity index (χ0n) is 16.0. The highest BCUT2D eigenvalue weighted by molar-refractivity contribution is 14.0. The lowest BCUT2D eigenvalue weighted by Crippen LogP contribution is -2.37. The number of hydrogen-bond acceptors (Lipinski definition) is 5. The van der Waals surface area contributed by atoms with Crippen LogP contribution in [0.15, 0.2) is 23.2 Å². The average Bonchev–Trinajstić information content (AvgIpc) is 2.63. The van der Waals surface area contributed by atoms with Crippen LogP contribution in [0.5, 0.6) is 11.5 Å². The number of halogens is 1. The Morgan fingerprint density at radius 1 is 1.12 bits per heavy atom. The van der Waals surface area contributed by atoms with E-state index in [0.29, 0.717) is 50.0 Å². The fourth-order valence-electron chi connectivity index (χ4n) is 2.16. The molecule has 1 aromatic carbocycles. The maximum atomic E-state index is 11.3. The molecule has 1 aromatic rings. The van der Waals surface area contributed by atoms with E-state index in [-0.39, 0.29) is 29.9 Å². The molecule has 0 aliphatic rings. The lowest BCUT2D eigenvalue weighted by Gasteiger charge is -2.12. The largest absolute Gasteiger partial charge is 0.493 e. The van der Waals surface area contributed by atoms with Crippen LogP contribution in [0.25, 0.3) is 0 Å². The highest BCUT2D eigenvalue weighted by Gasteiger charge is 2.05. The number of hydrogen-bond donors (Lipinski definition) is 2. The maximum absolute atomic E-state index is 11.3. The Morgan fingerprint density at radius 2 is 1.85 bits per heavy atom. The molecule has 0 aliphatic carbocycles. The molecule has 0 saturated heterocycles. The smallest absolute Gasteiger partial charge is 0.305 e. The molecule has 0 spiro atoms. The Bertz CT molecular complexity index is 567. The molecule has 2 N–H and O–H groups in total. The van der Waals surface area contributed by atoms with Gasteiger partial charge >= 0.3 is 5.97 Å². The second-order valence-corrected chi connectivity index (χ2v) is 5.22. The van der Waals surface area contributed by atoms with E-state index in [1.54, 1.807) is 21.1 Å². The Morgan fingerprint density at radius 3 is 2.46 bits per heavy atom. The summed E-state index contributed by atoms with van der Waals surface area (Å²) < 4.78 is 15.4. The van der Waals surface area contributed by atoms with Gasteiger partial charge in [0, 0.05) is 19.5 Å². The molecule has 0 heterocycles. The van der Waals surface area contributed by atoms with Gasteiger partial charge < -0.3 is 24.8 Å². The minimum Gasteiger partial charge on any atom is -0.493 e. The van der Waals surface area contributed by atoms with Gasteiger partial charge in [0.1, 0.15) is 0 Å². The Labute approximate surface area is 172 Å². The van der Waals surface area contributed by atoms with Gasteiger partial charge in [-0.2, -0.15) is 0 Å². The average molecular weight is 479 g/mol. The molecule has 0 saturated carbocycles. The van der Waals surface area contributed by atoms with Gasteiger partial charge in [-0.3, -0.25) is 4.79 Å². The summed E-state index contributed by atoms with van der Waals surface area (Å²) in [6.45, 7) is 6.15. The monoisotopic (exact) mass is 479 g/mol. The summed E-state index contributed by atoms with van der Waals surface area (Å²) >= 11 is 0. The number of ether oxygens (including phenoxy) is 3. The maximum Gasteiger partial charge on any atom is 0.305 e. The molecule has 0 fully saturated rings. The van der Waals surface area contributed by atoms with E-state index < -0.39 is 0 Å². The number of carbonyl (C=O) groups is 1. The van der Waals surface area contributed by atoms with Gasteiger partial charge in [-0.15, -0.1) is 24.0 Å². The van der Waals surface area contributed by atoms with Crippen LogP contribution in [-0.4, -0.2) is 45.8 Å². The van der Waals surface area contributed by atoms with E-state index in [4.69, 9.17) is 14.2 Å². The first-order chi connectivity index (χ1) is 12.1. The van der Waals surface area contributed by atoms with Gasteiger partial charge in [-0.05, 0) is 38.0 Å². The third-order valence-electron chi connectivity index (χ3n) is 3.37. The first-order valence-corrected chi connectivity index (χ1v) is 8.53. The third-order valence-corrected chi connectivity index (χ3v) is 3.37. The van der Waals surface area contributed by atoms with Crippen LogP contribution in [0.1, 0.15) is 32.3 Å². The molecule has 26 heavy (non-hydrogen) atoms. The van der Waals surface area contributed by atoms with Crippen molar-refractivity contribution in [2.75, 3.05) is 33.9 Å². The van der Waals surface area contributed by atoms with Crippen molar-refractivity contribution in [1.82, 2.24) is 10.6 Å². The van der Waals surface area contributed by atoms with E-state index in [2.05, 4.69) is 15.6 Å². The molecule has 0 radical (unpaired) electrons. The van der Waals surface area contributed by atoms with Crippen molar-refractivity contribution >= 4 is 35.9 Å². The molecular formula is C18H30IN3O4. The first kappa shape index (κ1) is 24.3. The summed E-state index contributed by atoms with van der Waals surface area (Å²) in [7, 11) is 3.22. The molecule has 7 nitrogen and oxygen atoms in total. The number of carbonyl (C=O) groups excluding carboxylic acids is 1. The van der Waals surface area contributed by atoms with E-state index >= 15 is 0 Å². The van der Waals surface area contributed by atoms with Crippen molar-refractivity contribution in [2.45, 2.75) is 33.2 Å². The number of guanidine groups is 1. The van der Waals surface area contributed by atoms with E-state index in [1.165, 1.54) is 0 Å². The van der Waals surface area contributed by atoms with Gasteiger partial charge in [-0.1, -0.05) is 6.07 Å². The van der Waals surface area contributed by atoms with Crippen molar-refractivity contribution in [3.63, 3.8) is 0 Å². The van der Waals surface area contributed by atoms with Crippen molar-refractivity contribution in [3.05, 3.63) is 23.8 Å². The van der Waals surface area contributed by atoms with Crippen molar-refractivity contribution in [3.8, 4) is 11.5 Å². The number of nitrogens with one attached hydrogen (secondary N) is 2. The first-order valence-electron chi connectivity index (χ1n) is 8.53. The SMILES string of the molecule is CCNC(=NCc1ccc(OC)c(OC)c1)NCCCC(=O)OCC.I. The quantitative estimate of drug-likeness (QED) is 0.177. The zero-order valence-corrected chi connectivity index (χ0v) is 18.3. The second-order valence-electron chi connectivity index (χ2n) is 5.22. The molecule has 0 atom stereocenters. The van der Waals surface area contributed by atoms with Crippen LogP contribution in [0.4, 0.5) is 0 Å². The van der Waals surface area contributed by atoms with Crippen LogP contribution in [0.3, 0.4) is 0 Å². The fraction of sp³-hybridized carbons (Fsp3) is 0.556. The molecule has 0 aliphatic heterocycles. The predicted molar refractivity (Wildman–Crippen MR) is 114 cm³/mol. The number of methoxy groups -OCH3 is 2. The van der Waals surface area contributed by atoms with Crippen molar-refractivity contribution in [1.29, 1.82) is 0 Å². The molecule has 0 unspecified atom stereocenters. The summed E-state index contributed by atoms with van der Waals surface area (Å²) in [5, 5.41) is 6.40. The van der Waals surface area contributed by atoms with Gasteiger partial charge in [0.25, 0.3) is 0 Å². The lowest BCUT2D eigenvalue weighted by molar-refractivity contribution is -0.143. The molecule has 0 bridgehead atoms. The predicted octanol–water partition coefficient (Wildman–Crippen LogP) is 2.72. The second kappa shape index (κ2) is 14.5. The lowest BCUT2D eigenvalue weighted by atomic mass is 10.2. The minimum atomic E-state index is -0.170. The number of benzene rings is 1. The van der Waals surface area contributed by atoms with E-state index in [9.17, 15) is 4.79 Å². The number of nitrogens with zero attached hydrogens (tertiary/aromatic N) is 1. The fourth-order valence-corrected chi connectivity index (χ4v) is 2.16. The summed E-state index contributed by atoms with van der Waals surface area (Å²) in [6.07, 6.45) is 1.09. The number of rotatable bonds is 10. The standard InChI is InChI=1S/C18H29N3O4.HI/c1-5-19-18(20-11-7-8-17(22)25-6-2)21-13-14-9-10-15(23-3)16(12-14)24-4;/h9-10,12H,5-8,11,13H2,1-4H3,(H2,19,20,21);1H. The number of esters is 1. The Kier molecular flexibility index (Phi) is 13.5. The van der Waals surface area contributed by atoms with Gasteiger partial charge in [0.2, 0.25) is 0 Å². The Hall–Kier alpha value is -1.71. The molecular weight excluding hydrogens is 449 g/mol. The van der Waals surface area contributed by atoms with Crippen LogP contribution in [0.2, 0.25) is 0 Å². The normalized spacial score (nSPS) is 10.5. The number of aliphatic imine (C=N–C) groups is 1. The summed E-state index contributed by atoms with van der Waals surface area (Å²) in [4.78, 5) is 15.9. The van der Waals surface area contributed by atoms with Crippen LogP contribution in [-0.2, 0) is 16.1 Å². The van der Waals surface area contributed by atoms with Crippen molar-refractivity contribution in [2.24, 2.45) is 4.99 Å².